The Morgan fingerprint density at radius 1 is 1.23 bits per heavy atom. The molecule has 0 bridgehead atoms. The predicted molar refractivity (Wildman–Crippen MR) is 80.1 cm³/mol. The molecule has 0 amide bonds. The Balaban J connectivity index is 2.32. The first-order valence-electron chi connectivity index (χ1n) is 6.40. The zero-order valence-corrected chi connectivity index (χ0v) is 13.5. The van der Waals surface area contributed by atoms with E-state index < -0.39 is 21.7 Å². The second kappa shape index (κ2) is 7.28. The summed E-state index contributed by atoms with van der Waals surface area (Å²) in [6.45, 7) is 0.467. The summed E-state index contributed by atoms with van der Waals surface area (Å²) in [5.74, 6) is -2.27. The molecule has 1 aromatic carbocycles. The predicted octanol–water partition coefficient (Wildman–Crippen LogP) is 2.86. The first-order valence-corrected chi connectivity index (χ1v) is 8.78. The third-order valence-corrected chi connectivity index (χ3v) is 5.59. The molecule has 2 rings (SSSR count). The average Bonchev–Trinajstić information content (AvgIpc) is 2.99. The summed E-state index contributed by atoms with van der Waals surface area (Å²) in [5, 5.41) is 3.68. The number of methoxy groups -OCH3 is 1. The maximum Gasteiger partial charge on any atom is 0.243 e. The monoisotopic (exact) mass is 347 g/mol. The van der Waals surface area contributed by atoms with Gasteiger partial charge in [-0.3, -0.25) is 0 Å². The lowest BCUT2D eigenvalue weighted by atomic mass is 10.3. The summed E-state index contributed by atoms with van der Waals surface area (Å²) in [5.41, 5.74) is 0.826. The van der Waals surface area contributed by atoms with Crippen LogP contribution in [0.3, 0.4) is 0 Å². The highest BCUT2D eigenvalue weighted by Gasteiger charge is 2.25. The third kappa shape index (κ3) is 3.89. The minimum atomic E-state index is -3.94. The van der Waals surface area contributed by atoms with Crippen LogP contribution in [0.5, 0.6) is 0 Å². The molecule has 1 aromatic heterocycles. The number of rotatable bonds is 7. The Morgan fingerprint density at radius 2 is 2.00 bits per heavy atom. The topological polar surface area (TPSA) is 46.6 Å². The molecule has 1 heterocycles. The van der Waals surface area contributed by atoms with Gasteiger partial charge in [0.05, 0.1) is 11.5 Å². The van der Waals surface area contributed by atoms with Crippen molar-refractivity contribution in [1.29, 1.82) is 0 Å². The largest absolute Gasteiger partial charge is 0.383 e. The fourth-order valence-corrected chi connectivity index (χ4v) is 3.93. The standard InChI is InChI=1S/C14H15F2NO3S2/c1-20-6-5-17(9-11-4-7-21-10-11)22(18,19)12-2-3-13(15)14(16)8-12/h2-4,7-8,10H,5-6,9H2,1H3. The quantitative estimate of drug-likeness (QED) is 0.774. The highest BCUT2D eigenvalue weighted by atomic mass is 32.2. The molecule has 0 aliphatic carbocycles. The van der Waals surface area contributed by atoms with Gasteiger partial charge in [-0.25, -0.2) is 17.2 Å². The van der Waals surface area contributed by atoms with Crippen molar-refractivity contribution in [3.63, 3.8) is 0 Å². The van der Waals surface area contributed by atoms with E-state index in [-0.39, 0.29) is 24.6 Å². The van der Waals surface area contributed by atoms with E-state index in [9.17, 15) is 17.2 Å². The molecule has 0 N–H and O–H groups in total. The van der Waals surface area contributed by atoms with E-state index in [1.165, 1.54) is 22.8 Å². The van der Waals surface area contributed by atoms with Crippen molar-refractivity contribution >= 4 is 21.4 Å². The number of thiophene rings is 1. The van der Waals surface area contributed by atoms with Crippen molar-refractivity contribution < 1.29 is 21.9 Å². The average molecular weight is 347 g/mol. The van der Waals surface area contributed by atoms with E-state index in [2.05, 4.69) is 0 Å². The van der Waals surface area contributed by atoms with E-state index in [1.807, 2.05) is 16.8 Å². The lowest BCUT2D eigenvalue weighted by molar-refractivity contribution is 0.177. The second-order valence-corrected chi connectivity index (χ2v) is 7.26. The van der Waals surface area contributed by atoms with Crippen molar-refractivity contribution in [2.24, 2.45) is 0 Å². The summed E-state index contributed by atoms with van der Waals surface area (Å²) >= 11 is 1.45. The Bertz CT molecular complexity index is 718. The molecule has 0 saturated heterocycles. The van der Waals surface area contributed by atoms with Crippen LogP contribution in [0, 0.1) is 11.6 Å². The van der Waals surface area contributed by atoms with Crippen LogP contribution in [0.15, 0.2) is 39.9 Å². The summed E-state index contributed by atoms with van der Waals surface area (Å²) in [6.07, 6.45) is 0. The van der Waals surface area contributed by atoms with E-state index in [1.54, 1.807) is 0 Å². The zero-order chi connectivity index (χ0) is 16.2. The highest BCUT2D eigenvalue weighted by molar-refractivity contribution is 7.89. The van der Waals surface area contributed by atoms with Gasteiger partial charge in [0, 0.05) is 20.2 Å². The minimum Gasteiger partial charge on any atom is -0.383 e. The Labute approximate surface area is 132 Å². The van der Waals surface area contributed by atoms with Gasteiger partial charge in [0.1, 0.15) is 0 Å². The fourth-order valence-electron chi connectivity index (χ4n) is 1.85. The zero-order valence-electron chi connectivity index (χ0n) is 11.8. The van der Waals surface area contributed by atoms with Gasteiger partial charge in [0.25, 0.3) is 0 Å². The molecule has 0 atom stereocenters. The molecule has 0 aliphatic rings. The van der Waals surface area contributed by atoms with E-state index in [0.717, 1.165) is 17.7 Å². The molecule has 2 aromatic rings. The number of hydrogen-bond acceptors (Lipinski definition) is 4. The van der Waals surface area contributed by atoms with Crippen LogP contribution in [0.4, 0.5) is 8.78 Å². The molecular weight excluding hydrogens is 332 g/mol. The maximum atomic E-state index is 13.3. The molecule has 0 unspecified atom stereocenters. The Hall–Kier alpha value is -1.35. The number of halogens is 2. The second-order valence-electron chi connectivity index (χ2n) is 4.54. The van der Waals surface area contributed by atoms with Gasteiger partial charge in [0.2, 0.25) is 10.0 Å². The Morgan fingerprint density at radius 3 is 2.59 bits per heavy atom. The van der Waals surface area contributed by atoms with Crippen LogP contribution < -0.4 is 0 Å². The van der Waals surface area contributed by atoms with Crippen LogP contribution in [-0.2, 0) is 21.3 Å². The van der Waals surface area contributed by atoms with E-state index in [4.69, 9.17) is 4.74 Å². The smallest absolute Gasteiger partial charge is 0.243 e. The van der Waals surface area contributed by atoms with Crippen molar-refractivity contribution in [3.8, 4) is 0 Å². The van der Waals surface area contributed by atoms with Crippen molar-refractivity contribution in [2.75, 3.05) is 20.3 Å². The van der Waals surface area contributed by atoms with Crippen LogP contribution in [0.2, 0.25) is 0 Å². The highest BCUT2D eigenvalue weighted by Crippen LogP contribution is 2.21. The number of sulfonamides is 1. The Kier molecular flexibility index (Phi) is 5.63. The summed E-state index contributed by atoms with van der Waals surface area (Å²) in [7, 11) is -2.47. The normalized spacial score (nSPS) is 12.0. The molecule has 8 heteroatoms. The summed E-state index contributed by atoms with van der Waals surface area (Å²) in [6, 6.07) is 4.37. The molecule has 0 radical (unpaired) electrons. The van der Waals surface area contributed by atoms with Gasteiger partial charge in [0.15, 0.2) is 11.6 Å². The molecule has 22 heavy (non-hydrogen) atoms. The van der Waals surface area contributed by atoms with Gasteiger partial charge < -0.3 is 4.74 Å². The molecule has 4 nitrogen and oxygen atoms in total. The number of ether oxygens (including phenoxy) is 1. The molecule has 120 valence electrons. The number of benzene rings is 1. The van der Waals surface area contributed by atoms with E-state index in [0.29, 0.717) is 6.07 Å². The first-order chi connectivity index (χ1) is 10.4. The van der Waals surface area contributed by atoms with Gasteiger partial charge in [-0.1, -0.05) is 0 Å². The lowest BCUT2D eigenvalue weighted by Gasteiger charge is -2.21. The van der Waals surface area contributed by atoms with Crippen LogP contribution in [0.1, 0.15) is 5.56 Å². The van der Waals surface area contributed by atoms with Crippen LogP contribution in [-0.4, -0.2) is 33.0 Å². The lowest BCUT2D eigenvalue weighted by Crippen LogP contribution is -2.33. The van der Waals surface area contributed by atoms with E-state index >= 15 is 0 Å². The van der Waals surface area contributed by atoms with Crippen molar-refractivity contribution in [1.82, 2.24) is 4.31 Å². The summed E-state index contributed by atoms with van der Waals surface area (Å²) < 4.78 is 57.7. The van der Waals surface area contributed by atoms with Gasteiger partial charge >= 0.3 is 0 Å². The molecule has 0 spiro atoms. The first kappa shape index (κ1) is 17.0. The van der Waals surface area contributed by atoms with Crippen molar-refractivity contribution in [2.45, 2.75) is 11.4 Å². The maximum absolute atomic E-state index is 13.3. The number of hydrogen-bond donors (Lipinski definition) is 0. The van der Waals surface area contributed by atoms with Crippen molar-refractivity contribution in [3.05, 3.63) is 52.2 Å². The third-order valence-electron chi connectivity index (χ3n) is 3.01. The fraction of sp³-hybridized carbons (Fsp3) is 0.286. The van der Waals surface area contributed by atoms with Crippen LogP contribution >= 0.6 is 11.3 Å². The molecular formula is C14H15F2NO3S2. The molecule has 0 fully saturated rings. The van der Waals surface area contributed by atoms with Gasteiger partial charge in [-0.15, -0.1) is 0 Å². The van der Waals surface area contributed by atoms with Gasteiger partial charge in [-0.2, -0.15) is 15.6 Å². The molecule has 0 saturated carbocycles. The number of nitrogens with zero attached hydrogens (tertiary/aromatic N) is 1. The minimum absolute atomic E-state index is 0.119. The SMILES string of the molecule is COCCN(Cc1ccsc1)S(=O)(=O)c1ccc(F)c(F)c1. The van der Waals surface area contributed by atoms with Gasteiger partial charge in [-0.05, 0) is 40.6 Å². The molecule has 0 aliphatic heterocycles. The summed E-state index contributed by atoms with van der Waals surface area (Å²) in [4.78, 5) is -0.280. The van der Waals surface area contributed by atoms with Crippen LogP contribution in [0.25, 0.3) is 0 Å².